The van der Waals surface area contributed by atoms with E-state index in [2.05, 4.69) is 48.8 Å². The molecule has 0 aromatic heterocycles. The van der Waals surface area contributed by atoms with Crippen LogP contribution in [0.5, 0.6) is 0 Å². The van der Waals surface area contributed by atoms with Crippen LogP contribution in [0.1, 0.15) is 32.1 Å². The highest BCUT2D eigenvalue weighted by Crippen LogP contribution is 2.24. The van der Waals surface area contributed by atoms with Gasteiger partial charge in [-0.2, -0.15) is 0 Å². The predicted octanol–water partition coefficient (Wildman–Crippen LogP) is 4.26. The Morgan fingerprint density at radius 2 is 2.00 bits per heavy atom. The second kappa shape index (κ2) is 7.65. The van der Waals surface area contributed by atoms with Gasteiger partial charge in [0.1, 0.15) is 0 Å². The molecule has 1 atom stereocenters. The van der Waals surface area contributed by atoms with E-state index in [4.69, 9.17) is 0 Å². The van der Waals surface area contributed by atoms with E-state index >= 15 is 0 Å². The van der Waals surface area contributed by atoms with Gasteiger partial charge >= 0.3 is 0 Å². The van der Waals surface area contributed by atoms with Crippen LogP contribution in [-0.2, 0) is 0 Å². The van der Waals surface area contributed by atoms with E-state index in [9.17, 15) is 0 Å². The Balaban J connectivity index is 1.90. The van der Waals surface area contributed by atoms with Crippen LogP contribution >= 0.6 is 11.8 Å². The maximum Gasteiger partial charge on any atom is 0.0371 e. The zero-order chi connectivity index (χ0) is 12.6. The summed E-state index contributed by atoms with van der Waals surface area (Å²) in [6.07, 6.45) is 9.14. The molecule has 1 aromatic carbocycles. The minimum absolute atomic E-state index is 0.535. The number of benzene rings is 1. The van der Waals surface area contributed by atoms with Crippen molar-refractivity contribution >= 4 is 11.8 Å². The summed E-state index contributed by atoms with van der Waals surface area (Å²) in [6.45, 7) is 0. The van der Waals surface area contributed by atoms with Gasteiger partial charge in [0, 0.05) is 16.7 Å². The summed E-state index contributed by atoms with van der Waals surface area (Å²) in [7, 11) is 2.09. The molecule has 0 saturated heterocycles. The largest absolute Gasteiger partial charge is 0.313 e. The van der Waals surface area contributed by atoms with Crippen molar-refractivity contribution in [2.24, 2.45) is 0 Å². The van der Waals surface area contributed by atoms with Gasteiger partial charge < -0.3 is 5.32 Å². The van der Waals surface area contributed by atoms with Gasteiger partial charge in [0.2, 0.25) is 0 Å². The lowest BCUT2D eigenvalue weighted by Gasteiger charge is -2.19. The third-order valence-electron chi connectivity index (χ3n) is 3.53. The van der Waals surface area contributed by atoms with E-state index < -0.39 is 0 Å². The quantitative estimate of drug-likeness (QED) is 0.628. The van der Waals surface area contributed by atoms with Gasteiger partial charge in [0.05, 0.1) is 0 Å². The maximum atomic E-state index is 3.48. The van der Waals surface area contributed by atoms with Gasteiger partial charge in [-0.05, 0) is 44.9 Å². The first-order chi connectivity index (χ1) is 8.90. The van der Waals surface area contributed by atoms with Crippen LogP contribution in [-0.4, -0.2) is 18.8 Å². The third kappa shape index (κ3) is 4.18. The lowest BCUT2D eigenvalue weighted by atomic mass is 10.0. The van der Waals surface area contributed by atoms with Crippen molar-refractivity contribution in [3.8, 4) is 0 Å². The van der Waals surface area contributed by atoms with Crippen LogP contribution in [0.25, 0.3) is 0 Å². The number of allylic oxidation sites excluding steroid dienone is 1. The standard InChI is InChI=1S/C16H23NS/c1-17-16(14-9-5-2-3-6-10-14)13-18-15-11-7-4-8-12-15/h4,7-9,11-12,16-17H,2-3,5-6,10,13H2,1H3. The molecule has 1 aliphatic carbocycles. The molecule has 18 heavy (non-hydrogen) atoms. The highest BCUT2D eigenvalue weighted by molar-refractivity contribution is 7.99. The summed E-state index contributed by atoms with van der Waals surface area (Å²) in [6, 6.07) is 11.2. The number of rotatable bonds is 5. The molecule has 1 N–H and O–H groups in total. The average molecular weight is 261 g/mol. The van der Waals surface area contributed by atoms with Crippen molar-refractivity contribution < 1.29 is 0 Å². The summed E-state index contributed by atoms with van der Waals surface area (Å²) >= 11 is 1.95. The summed E-state index contributed by atoms with van der Waals surface area (Å²) in [5.74, 6) is 1.13. The monoisotopic (exact) mass is 261 g/mol. The molecule has 1 aliphatic rings. The van der Waals surface area contributed by atoms with Crippen molar-refractivity contribution in [1.29, 1.82) is 0 Å². The van der Waals surface area contributed by atoms with Crippen LogP contribution in [0, 0.1) is 0 Å². The smallest absolute Gasteiger partial charge is 0.0371 e. The zero-order valence-corrected chi connectivity index (χ0v) is 12.0. The lowest BCUT2D eigenvalue weighted by molar-refractivity contribution is 0.645. The molecular formula is C16H23NS. The molecule has 1 unspecified atom stereocenters. The molecule has 1 aromatic rings. The fraction of sp³-hybridized carbons (Fsp3) is 0.500. The first-order valence-corrected chi connectivity index (χ1v) is 7.93. The van der Waals surface area contributed by atoms with Crippen molar-refractivity contribution in [2.75, 3.05) is 12.8 Å². The Kier molecular flexibility index (Phi) is 5.82. The highest BCUT2D eigenvalue weighted by Gasteiger charge is 2.13. The normalized spacial score (nSPS) is 17.9. The topological polar surface area (TPSA) is 12.0 Å². The van der Waals surface area contributed by atoms with Crippen LogP contribution in [0.15, 0.2) is 46.9 Å². The SMILES string of the molecule is CNC(CSc1ccccc1)C1=CCCCCC1. The van der Waals surface area contributed by atoms with E-state index in [1.54, 1.807) is 5.57 Å². The van der Waals surface area contributed by atoms with Gasteiger partial charge in [0.15, 0.2) is 0 Å². The van der Waals surface area contributed by atoms with Crippen LogP contribution in [0.2, 0.25) is 0 Å². The van der Waals surface area contributed by atoms with E-state index in [0.29, 0.717) is 6.04 Å². The molecule has 0 amide bonds. The highest BCUT2D eigenvalue weighted by atomic mass is 32.2. The minimum Gasteiger partial charge on any atom is -0.313 e. The Bertz CT molecular complexity index is 372. The molecule has 0 bridgehead atoms. The minimum atomic E-state index is 0.535. The lowest BCUT2D eigenvalue weighted by Crippen LogP contribution is -2.29. The molecular weight excluding hydrogens is 238 g/mol. The molecule has 0 saturated carbocycles. The fourth-order valence-electron chi connectivity index (χ4n) is 2.43. The van der Waals surface area contributed by atoms with E-state index in [-0.39, 0.29) is 0 Å². The predicted molar refractivity (Wildman–Crippen MR) is 81.2 cm³/mol. The fourth-order valence-corrected chi connectivity index (χ4v) is 3.52. The van der Waals surface area contributed by atoms with Crippen LogP contribution in [0.3, 0.4) is 0 Å². The van der Waals surface area contributed by atoms with Crippen molar-refractivity contribution in [3.05, 3.63) is 42.0 Å². The second-order valence-corrected chi connectivity index (χ2v) is 5.94. The third-order valence-corrected chi connectivity index (χ3v) is 4.64. The summed E-state index contributed by atoms with van der Waals surface area (Å²) in [5.41, 5.74) is 1.62. The Hall–Kier alpha value is -0.730. The molecule has 0 radical (unpaired) electrons. The van der Waals surface area contributed by atoms with Crippen molar-refractivity contribution in [3.63, 3.8) is 0 Å². The van der Waals surface area contributed by atoms with Gasteiger partial charge in [-0.1, -0.05) is 36.3 Å². The summed E-state index contributed by atoms with van der Waals surface area (Å²) in [4.78, 5) is 1.37. The molecule has 1 nitrogen and oxygen atoms in total. The second-order valence-electron chi connectivity index (χ2n) is 4.84. The maximum absolute atomic E-state index is 3.48. The zero-order valence-electron chi connectivity index (χ0n) is 11.2. The van der Waals surface area contributed by atoms with E-state index in [0.717, 1.165) is 5.75 Å². The van der Waals surface area contributed by atoms with Crippen molar-refractivity contribution in [2.45, 2.75) is 43.0 Å². The molecule has 0 aliphatic heterocycles. The van der Waals surface area contributed by atoms with Crippen LogP contribution < -0.4 is 5.32 Å². The Morgan fingerprint density at radius 1 is 1.17 bits per heavy atom. The number of hydrogen-bond donors (Lipinski definition) is 1. The average Bonchev–Trinajstić information content (AvgIpc) is 2.70. The molecule has 0 heterocycles. The van der Waals surface area contributed by atoms with Gasteiger partial charge in [-0.15, -0.1) is 11.8 Å². The summed E-state index contributed by atoms with van der Waals surface area (Å²) in [5, 5.41) is 3.48. The molecule has 98 valence electrons. The van der Waals surface area contributed by atoms with E-state index in [1.165, 1.54) is 37.0 Å². The Morgan fingerprint density at radius 3 is 2.78 bits per heavy atom. The molecule has 2 rings (SSSR count). The summed E-state index contributed by atoms with van der Waals surface area (Å²) < 4.78 is 0. The molecule has 0 fully saturated rings. The first kappa shape index (κ1) is 13.7. The first-order valence-electron chi connectivity index (χ1n) is 6.94. The van der Waals surface area contributed by atoms with Crippen molar-refractivity contribution in [1.82, 2.24) is 5.32 Å². The number of thioether (sulfide) groups is 1. The van der Waals surface area contributed by atoms with Gasteiger partial charge in [0.25, 0.3) is 0 Å². The Labute approximate surface area is 115 Å². The number of nitrogens with one attached hydrogen (secondary N) is 1. The van der Waals surface area contributed by atoms with E-state index in [1.807, 2.05) is 11.8 Å². The van der Waals surface area contributed by atoms with Gasteiger partial charge in [-0.3, -0.25) is 0 Å². The van der Waals surface area contributed by atoms with Crippen LogP contribution in [0.4, 0.5) is 0 Å². The molecule has 2 heteroatoms. The number of likely N-dealkylation sites (N-methyl/N-ethyl adjacent to an activating group) is 1. The molecule has 0 spiro atoms. The number of hydrogen-bond acceptors (Lipinski definition) is 2. The van der Waals surface area contributed by atoms with Gasteiger partial charge in [-0.25, -0.2) is 0 Å².